The summed E-state index contributed by atoms with van der Waals surface area (Å²) >= 11 is 0. The summed E-state index contributed by atoms with van der Waals surface area (Å²) < 4.78 is 5.04. The molecule has 2 aromatic rings. The molecule has 0 aliphatic rings. The van der Waals surface area contributed by atoms with Crippen molar-refractivity contribution in [3.63, 3.8) is 0 Å². The number of nitrogens with one attached hydrogen (secondary N) is 3. The molecule has 0 bridgehead atoms. The average Bonchev–Trinajstić information content (AvgIpc) is 3.16. The third kappa shape index (κ3) is 5.80. The van der Waals surface area contributed by atoms with E-state index in [4.69, 9.17) is 4.42 Å². The predicted molar refractivity (Wildman–Crippen MR) is 91.2 cm³/mol. The van der Waals surface area contributed by atoms with Crippen molar-refractivity contribution in [1.29, 1.82) is 0 Å². The van der Waals surface area contributed by atoms with Gasteiger partial charge in [0.1, 0.15) is 5.76 Å². The molecule has 1 heterocycles. The number of benzene rings is 1. The Morgan fingerprint density at radius 3 is 2.40 bits per heavy atom. The van der Waals surface area contributed by atoms with Gasteiger partial charge in [-0.25, -0.2) is 0 Å². The quantitative estimate of drug-likeness (QED) is 0.549. The minimum atomic E-state index is -0.959. The molecular weight excluding hydrogens is 322 g/mol. The summed E-state index contributed by atoms with van der Waals surface area (Å²) in [5.41, 5.74) is 5.84. The molecule has 2 rings (SSSR count). The number of amides is 3. The Balaban J connectivity index is 1.76. The average molecular weight is 343 g/mol. The van der Waals surface area contributed by atoms with Crippen LogP contribution in [-0.4, -0.2) is 17.7 Å². The van der Waals surface area contributed by atoms with Gasteiger partial charge in [-0.15, -0.1) is 0 Å². The molecule has 1 aromatic heterocycles. The number of hydrogen-bond donors (Lipinski definition) is 3. The number of rotatable bonds is 6. The van der Waals surface area contributed by atoms with Gasteiger partial charge in [0, 0.05) is 5.56 Å². The van der Waals surface area contributed by atoms with Crippen LogP contribution < -0.4 is 16.2 Å². The highest BCUT2D eigenvalue weighted by Crippen LogP contribution is 2.07. The first-order valence-electron chi connectivity index (χ1n) is 8.10. The summed E-state index contributed by atoms with van der Waals surface area (Å²) in [5, 5.41) is 2.38. The van der Waals surface area contributed by atoms with Gasteiger partial charge in [0.05, 0.1) is 12.8 Å². The van der Waals surface area contributed by atoms with E-state index < -0.39 is 17.7 Å². The maximum atomic E-state index is 12.0. The third-order valence-electron chi connectivity index (χ3n) is 3.53. The Labute approximate surface area is 145 Å². The first-order chi connectivity index (χ1) is 12.1. The summed E-state index contributed by atoms with van der Waals surface area (Å²) in [5.74, 6) is -1.80. The monoisotopic (exact) mass is 343 g/mol. The molecule has 0 saturated carbocycles. The lowest BCUT2D eigenvalue weighted by molar-refractivity contribution is -0.139. The van der Waals surface area contributed by atoms with Crippen LogP contribution in [0.2, 0.25) is 0 Å². The van der Waals surface area contributed by atoms with Crippen molar-refractivity contribution >= 4 is 17.7 Å². The Bertz CT molecular complexity index is 708. The minimum Gasteiger partial charge on any atom is -0.467 e. The molecule has 0 unspecified atom stereocenters. The molecule has 3 N–H and O–H groups in total. The van der Waals surface area contributed by atoms with E-state index in [1.807, 2.05) is 12.1 Å². The highest BCUT2D eigenvalue weighted by molar-refractivity contribution is 6.35. The van der Waals surface area contributed by atoms with E-state index >= 15 is 0 Å². The van der Waals surface area contributed by atoms with Crippen molar-refractivity contribution in [3.8, 4) is 0 Å². The maximum Gasteiger partial charge on any atom is 0.327 e. The third-order valence-corrected chi connectivity index (χ3v) is 3.53. The molecule has 0 aliphatic carbocycles. The van der Waals surface area contributed by atoms with Crippen LogP contribution in [0, 0.1) is 0 Å². The lowest BCUT2D eigenvalue weighted by Crippen LogP contribution is -2.48. The number of hydrazine groups is 1. The Hall–Kier alpha value is -3.09. The van der Waals surface area contributed by atoms with E-state index in [2.05, 4.69) is 23.1 Å². The number of carbonyl (C=O) groups is 3. The number of furan rings is 1. The van der Waals surface area contributed by atoms with Gasteiger partial charge in [0.25, 0.3) is 5.91 Å². The van der Waals surface area contributed by atoms with Crippen LogP contribution >= 0.6 is 0 Å². The van der Waals surface area contributed by atoms with Crippen LogP contribution in [0.5, 0.6) is 0 Å². The molecule has 0 fully saturated rings. The summed E-state index contributed by atoms with van der Waals surface area (Å²) in [6, 6.07) is 10.5. The summed E-state index contributed by atoms with van der Waals surface area (Å²) in [6.07, 6.45) is 4.63. The van der Waals surface area contributed by atoms with E-state index in [1.165, 1.54) is 6.26 Å². The van der Waals surface area contributed by atoms with Crippen molar-refractivity contribution in [2.75, 3.05) is 0 Å². The van der Waals surface area contributed by atoms with E-state index in [9.17, 15) is 14.4 Å². The summed E-state index contributed by atoms with van der Waals surface area (Å²) in [6.45, 7) is 2.21. The Morgan fingerprint density at radius 1 is 1.00 bits per heavy atom. The molecule has 0 saturated heterocycles. The van der Waals surface area contributed by atoms with Crippen molar-refractivity contribution in [2.24, 2.45) is 0 Å². The van der Waals surface area contributed by atoms with Crippen LogP contribution in [0.3, 0.4) is 0 Å². The molecule has 25 heavy (non-hydrogen) atoms. The van der Waals surface area contributed by atoms with Crippen LogP contribution in [0.25, 0.3) is 0 Å². The molecule has 0 radical (unpaired) electrons. The standard InChI is InChI=1S/C18H21N3O4/c1-2-3-5-13-7-9-14(10-8-13)16(22)20-21-18(24)17(23)19-12-15-6-4-11-25-15/h4,6-11H,2-3,5,12H2,1H3,(H,19,23)(H,20,22)(H,21,24). The number of aryl methyl sites for hydroxylation is 1. The Morgan fingerprint density at radius 2 is 1.76 bits per heavy atom. The number of carbonyl (C=O) groups excluding carboxylic acids is 3. The topological polar surface area (TPSA) is 100 Å². The largest absolute Gasteiger partial charge is 0.467 e. The second-order valence-electron chi connectivity index (χ2n) is 5.47. The molecule has 7 nitrogen and oxygen atoms in total. The zero-order valence-electron chi connectivity index (χ0n) is 14.0. The highest BCUT2D eigenvalue weighted by atomic mass is 16.3. The minimum absolute atomic E-state index is 0.0897. The van der Waals surface area contributed by atoms with Crippen LogP contribution in [0.1, 0.15) is 41.4 Å². The first-order valence-corrected chi connectivity index (χ1v) is 8.10. The Kier molecular flexibility index (Phi) is 6.76. The zero-order chi connectivity index (χ0) is 18.1. The van der Waals surface area contributed by atoms with Gasteiger partial charge in [0.2, 0.25) is 0 Å². The molecule has 3 amide bonds. The maximum absolute atomic E-state index is 12.0. The van der Waals surface area contributed by atoms with Gasteiger partial charge in [-0.3, -0.25) is 25.2 Å². The molecule has 1 aromatic carbocycles. The SMILES string of the molecule is CCCCc1ccc(C(=O)NNC(=O)C(=O)NCc2ccco2)cc1. The van der Waals surface area contributed by atoms with Crippen molar-refractivity contribution in [2.45, 2.75) is 32.7 Å². The molecule has 132 valence electrons. The van der Waals surface area contributed by atoms with Crippen LogP contribution in [-0.2, 0) is 22.6 Å². The van der Waals surface area contributed by atoms with Crippen molar-refractivity contribution in [1.82, 2.24) is 16.2 Å². The molecule has 0 spiro atoms. The van der Waals surface area contributed by atoms with Crippen molar-refractivity contribution in [3.05, 3.63) is 59.5 Å². The fourth-order valence-corrected chi connectivity index (χ4v) is 2.11. The van der Waals surface area contributed by atoms with E-state index in [-0.39, 0.29) is 6.54 Å². The normalized spacial score (nSPS) is 10.1. The number of hydrogen-bond acceptors (Lipinski definition) is 4. The second-order valence-corrected chi connectivity index (χ2v) is 5.47. The highest BCUT2D eigenvalue weighted by Gasteiger charge is 2.15. The smallest absolute Gasteiger partial charge is 0.327 e. The van der Waals surface area contributed by atoms with Gasteiger partial charge in [0.15, 0.2) is 0 Å². The van der Waals surface area contributed by atoms with Crippen molar-refractivity contribution < 1.29 is 18.8 Å². The fourth-order valence-electron chi connectivity index (χ4n) is 2.11. The van der Waals surface area contributed by atoms with Crippen LogP contribution in [0.4, 0.5) is 0 Å². The lowest BCUT2D eigenvalue weighted by Gasteiger charge is -2.08. The molecular formula is C18H21N3O4. The van der Waals surface area contributed by atoms with E-state index in [0.717, 1.165) is 24.8 Å². The van der Waals surface area contributed by atoms with Gasteiger partial charge >= 0.3 is 11.8 Å². The molecule has 7 heteroatoms. The zero-order valence-corrected chi connectivity index (χ0v) is 14.0. The summed E-state index contributed by atoms with van der Waals surface area (Å²) in [4.78, 5) is 35.2. The van der Waals surface area contributed by atoms with Gasteiger partial charge < -0.3 is 9.73 Å². The van der Waals surface area contributed by atoms with E-state index in [1.54, 1.807) is 24.3 Å². The lowest BCUT2D eigenvalue weighted by atomic mass is 10.1. The van der Waals surface area contributed by atoms with E-state index in [0.29, 0.717) is 11.3 Å². The van der Waals surface area contributed by atoms with Crippen LogP contribution in [0.15, 0.2) is 47.1 Å². The molecule has 0 atom stereocenters. The first kappa shape index (κ1) is 18.3. The number of unbranched alkanes of at least 4 members (excludes halogenated alkanes) is 1. The summed E-state index contributed by atoms with van der Waals surface area (Å²) in [7, 11) is 0. The van der Waals surface area contributed by atoms with Gasteiger partial charge in [-0.05, 0) is 42.7 Å². The van der Waals surface area contributed by atoms with Gasteiger partial charge in [-0.2, -0.15) is 0 Å². The fraction of sp³-hybridized carbons (Fsp3) is 0.278. The second kappa shape index (κ2) is 9.27. The van der Waals surface area contributed by atoms with Gasteiger partial charge in [-0.1, -0.05) is 25.5 Å². The predicted octanol–water partition coefficient (Wildman–Crippen LogP) is 1.70. The molecule has 0 aliphatic heterocycles.